The number of hydrogen-bond acceptors (Lipinski definition) is 1. The van der Waals surface area contributed by atoms with Crippen LogP contribution >= 0.6 is 0 Å². The van der Waals surface area contributed by atoms with Gasteiger partial charge in [-0.05, 0) is 44.7 Å². The summed E-state index contributed by atoms with van der Waals surface area (Å²) in [6.07, 6.45) is 2.82. The molecule has 0 aromatic rings. The molecule has 0 amide bonds. The monoisotopic (exact) mass is 229 g/mol. The van der Waals surface area contributed by atoms with Gasteiger partial charge in [0.25, 0.3) is 0 Å². The van der Waals surface area contributed by atoms with E-state index in [0.29, 0.717) is 0 Å². The van der Waals surface area contributed by atoms with Crippen molar-refractivity contribution < 1.29 is 0 Å². The first kappa shape index (κ1) is 18.3. The molecule has 1 nitrogen and oxygen atoms in total. The largest absolute Gasteiger partial charge is 0.301 e. The third-order valence-electron chi connectivity index (χ3n) is 3.40. The molecule has 1 heteroatoms. The van der Waals surface area contributed by atoms with Crippen molar-refractivity contribution in [2.24, 2.45) is 11.8 Å². The summed E-state index contributed by atoms with van der Waals surface area (Å²) in [5, 5.41) is 0. The number of hydrogen-bond donors (Lipinski definition) is 0. The molecular weight excluding hydrogens is 194 g/mol. The SMILES string of the molecule is CC.CC.CCN1CCC(C(C)C)CC1C. The van der Waals surface area contributed by atoms with E-state index < -0.39 is 0 Å². The van der Waals surface area contributed by atoms with E-state index in [1.807, 2.05) is 27.7 Å². The Bertz CT molecular complexity index is 131. The zero-order valence-corrected chi connectivity index (χ0v) is 13.0. The first-order chi connectivity index (χ1) is 7.65. The zero-order chi connectivity index (χ0) is 13.1. The molecule has 0 N–H and O–H groups in total. The molecule has 1 heterocycles. The highest BCUT2D eigenvalue weighted by Crippen LogP contribution is 2.27. The van der Waals surface area contributed by atoms with Gasteiger partial charge in [-0.2, -0.15) is 0 Å². The third kappa shape index (κ3) is 6.52. The van der Waals surface area contributed by atoms with Gasteiger partial charge >= 0.3 is 0 Å². The first-order valence-corrected chi connectivity index (χ1v) is 7.39. The Morgan fingerprint density at radius 2 is 1.62 bits per heavy atom. The van der Waals surface area contributed by atoms with Crippen LogP contribution in [0.5, 0.6) is 0 Å². The van der Waals surface area contributed by atoms with E-state index >= 15 is 0 Å². The van der Waals surface area contributed by atoms with Crippen molar-refractivity contribution in [2.75, 3.05) is 13.1 Å². The van der Waals surface area contributed by atoms with Gasteiger partial charge < -0.3 is 4.90 Å². The summed E-state index contributed by atoms with van der Waals surface area (Å²) in [4.78, 5) is 2.60. The quantitative estimate of drug-likeness (QED) is 0.656. The van der Waals surface area contributed by atoms with Crippen molar-refractivity contribution in [3.63, 3.8) is 0 Å². The number of nitrogens with zero attached hydrogens (tertiary/aromatic N) is 1. The van der Waals surface area contributed by atoms with E-state index in [4.69, 9.17) is 0 Å². The number of piperidine rings is 1. The second-order valence-electron chi connectivity index (χ2n) is 4.51. The van der Waals surface area contributed by atoms with Crippen LogP contribution in [0.3, 0.4) is 0 Å². The fourth-order valence-electron chi connectivity index (χ4n) is 2.33. The van der Waals surface area contributed by atoms with E-state index in [2.05, 4.69) is 32.6 Å². The predicted octanol–water partition coefficient (Wildman–Crippen LogP) is 4.82. The maximum Gasteiger partial charge on any atom is 0.00695 e. The van der Waals surface area contributed by atoms with Crippen LogP contribution in [0.4, 0.5) is 0 Å². The molecule has 1 aliphatic rings. The van der Waals surface area contributed by atoms with Gasteiger partial charge in [-0.1, -0.05) is 48.5 Å². The van der Waals surface area contributed by atoms with Crippen LogP contribution in [-0.2, 0) is 0 Å². The number of rotatable bonds is 2. The molecule has 0 radical (unpaired) electrons. The van der Waals surface area contributed by atoms with Crippen LogP contribution in [-0.4, -0.2) is 24.0 Å². The molecule has 1 saturated heterocycles. The van der Waals surface area contributed by atoms with E-state index in [0.717, 1.165) is 17.9 Å². The average molecular weight is 229 g/mol. The van der Waals surface area contributed by atoms with Gasteiger partial charge in [0.15, 0.2) is 0 Å². The Balaban J connectivity index is 0. The zero-order valence-electron chi connectivity index (χ0n) is 13.0. The molecule has 100 valence electrons. The van der Waals surface area contributed by atoms with Crippen molar-refractivity contribution in [3.05, 3.63) is 0 Å². The Morgan fingerprint density at radius 3 is 1.94 bits per heavy atom. The van der Waals surface area contributed by atoms with Crippen LogP contribution in [0.15, 0.2) is 0 Å². The molecule has 1 rings (SSSR count). The van der Waals surface area contributed by atoms with E-state index in [1.54, 1.807) is 0 Å². The van der Waals surface area contributed by atoms with Crippen LogP contribution in [0.1, 0.15) is 68.2 Å². The summed E-state index contributed by atoms with van der Waals surface area (Å²) in [5.41, 5.74) is 0. The molecule has 1 fully saturated rings. The minimum absolute atomic E-state index is 0.816. The third-order valence-corrected chi connectivity index (χ3v) is 3.40. The maximum absolute atomic E-state index is 2.60. The molecule has 16 heavy (non-hydrogen) atoms. The molecule has 2 unspecified atom stereocenters. The predicted molar refractivity (Wildman–Crippen MR) is 77.0 cm³/mol. The van der Waals surface area contributed by atoms with Gasteiger partial charge in [0.1, 0.15) is 0 Å². The molecule has 0 aromatic carbocycles. The second-order valence-corrected chi connectivity index (χ2v) is 4.51. The van der Waals surface area contributed by atoms with Crippen LogP contribution in [0, 0.1) is 11.8 Å². The van der Waals surface area contributed by atoms with E-state index in [1.165, 1.54) is 25.9 Å². The van der Waals surface area contributed by atoms with Crippen molar-refractivity contribution in [3.8, 4) is 0 Å². The first-order valence-electron chi connectivity index (χ1n) is 7.39. The molecule has 0 aliphatic carbocycles. The Hall–Kier alpha value is -0.0400. The van der Waals surface area contributed by atoms with Crippen LogP contribution in [0.2, 0.25) is 0 Å². The topological polar surface area (TPSA) is 3.24 Å². The lowest BCUT2D eigenvalue weighted by Crippen LogP contribution is -2.41. The Kier molecular flexibility index (Phi) is 13.1. The van der Waals surface area contributed by atoms with Gasteiger partial charge in [-0.3, -0.25) is 0 Å². The van der Waals surface area contributed by atoms with Gasteiger partial charge in [-0.25, -0.2) is 0 Å². The molecule has 0 aromatic heterocycles. The Labute approximate surface area is 105 Å². The van der Waals surface area contributed by atoms with Crippen molar-refractivity contribution in [1.29, 1.82) is 0 Å². The maximum atomic E-state index is 2.60. The van der Waals surface area contributed by atoms with Crippen LogP contribution < -0.4 is 0 Å². The van der Waals surface area contributed by atoms with E-state index in [-0.39, 0.29) is 0 Å². The lowest BCUT2D eigenvalue weighted by molar-refractivity contribution is 0.109. The smallest absolute Gasteiger partial charge is 0.00695 e. The van der Waals surface area contributed by atoms with E-state index in [9.17, 15) is 0 Å². The fourth-order valence-corrected chi connectivity index (χ4v) is 2.33. The highest BCUT2D eigenvalue weighted by Gasteiger charge is 2.25. The van der Waals surface area contributed by atoms with Gasteiger partial charge in [0.05, 0.1) is 0 Å². The fraction of sp³-hybridized carbons (Fsp3) is 1.00. The molecule has 2 atom stereocenters. The summed E-state index contributed by atoms with van der Waals surface area (Å²) in [6, 6.07) is 0.816. The summed E-state index contributed by atoms with van der Waals surface area (Å²) >= 11 is 0. The summed E-state index contributed by atoms with van der Waals surface area (Å²) in [7, 11) is 0. The minimum atomic E-state index is 0.816. The summed E-state index contributed by atoms with van der Waals surface area (Å²) in [6.45, 7) is 19.9. The van der Waals surface area contributed by atoms with Crippen molar-refractivity contribution in [2.45, 2.75) is 74.3 Å². The molecular formula is C15H35N. The highest BCUT2D eigenvalue weighted by atomic mass is 15.1. The lowest BCUT2D eigenvalue weighted by Gasteiger charge is -2.38. The highest BCUT2D eigenvalue weighted by molar-refractivity contribution is 4.79. The van der Waals surface area contributed by atoms with Gasteiger partial charge in [-0.15, -0.1) is 0 Å². The van der Waals surface area contributed by atoms with Gasteiger partial charge in [0.2, 0.25) is 0 Å². The molecule has 0 saturated carbocycles. The van der Waals surface area contributed by atoms with Gasteiger partial charge in [0, 0.05) is 6.04 Å². The average Bonchev–Trinajstić information content (AvgIpc) is 2.34. The molecule has 0 bridgehead atoms. The minimum Gasteiger partial charge on any atom is -0.301 e. The molecule has 1 aliphatic heterocycles. The normalized spacial score (nSPS) is 25.3. The number of likely N-dealkylation sites (tertiary alicyclic amines) is 1. The Morgan fingerprint density at radius 1 is 1.12 bits per heavy atom. The van der Waals surface area contributed by atoms with Crippen molar-refractivity contribution >= 4 is 0 Å². The standard InChI is InChI=1S/C11H23N.2C2H6/c1-5-12-7-6-11(9(2)3)8-10(12)4;2*1-2/h9-11H,5-8H2,1-4H3;2*1-2H3. The second kappa shape index (κ2) is 11.4. The molecule has 0 spiro atoms. The van der Waals surface area contributed by atoms with Crippen molar-refractivity contribution in [1.82, 2.24) is 4.90 Å². The van der Waals surface area contributed by atoms with Crippen LogP contribution in [0.25, 0.3) is 0 Å². The summed E-state index contributed by atoms with van der Waals surface area (Å²) < 4.78 is 0. The lowest BCUT2D eigenvalue weighted by atomic mass is 9.83. The summed E-state index contributed by atoms with van der Waals surface area (Å²) in [5.74, 6) is 1.86.